The Balaban J connectivity index is -0.000000222. The Morgan fingerprint density at radius 2 is 1.24 bits per heavy atom. The minimum absolute atomic E-state index is 0. The highest BCUT2D eigenvalue weighted by Crippen LogP contribution is 2.44. The molecule has 0 radical (unpaired) electrons. The third-order valence-electron chi connectivity index (χ3n) is 9.88. The number of amides is 1. The number of aliphatic hydroxyl groups excluding tert-OH is 1. The molecule has 0 unspecified atom stereocenters. The van der Waals surface area contributed by atoms with Crippen LogP contribution in [0.25, 0.3) is 0 Å². The van der Waals surface area contributed by atoms with Gasteiger partial charge in [0.25, 0.3) is 0 Å². The predicted molar refractivity (Wildman–Crippen MR) is 196 cm³/mol. The van der Waals surface area contributed by atoms with Gasteiger partial charge in [-0.05, 0) is 77.3 Å². The van der Waals surface area contributed by atoms with Crippen LogP contribution in [0.5, 0.6) is 0 Å². The largest absolute Gasteiger partial charge is 0.390 e. The van der Waals surface area contributed by atoms with E-state index < -0.39 is 6.10 Å². The lowest BCUT2D eigenvalue weighted by atomic mass is 9.63. The summed E-state index contributed by atoms with van der Waals surface area (Å²) in [5, 5.41) is 20.9. The fourth-order valence-electron chi connectivity index (χ4n) is 6.62. The van der Waals surface area contributed by atoms with E-state index in [9.17, 15) is 9.90 Å². The first kappa shape index (κ1) is 57.5. The summed E-state index contributed by atoms with van der Waals surface area (Å²) >= 11 is 0. The van der Waals surface area contributed by atoms with Gasteiger partial charge < -0.3 is 30.5 Å². The van der Waals surface area contributed by atoms with E-state index in [1.807, 2.05) is 7.05 Å². The van der Waals surface area contributed by atoms with Crippen molar-refractivity contribution >= 4 is 24.4 Å². The number of hydrogen-bond donors (Lipinski definition) is 4. The topological polar surface area (TPSA) is 194 Å². The monoisotopic (exact) mass is 732 g/mol. The maximum Gasteiger partial charge on any atom is 0.373 e. The van der Waals surface area contributed by atoms with Crippen molar-refractivity contribution in [2.75, 3.05) is 14.1 Å². The van der Waals surface area contributed by atoms with E-state index in [2.05, 4.69) is 84.5 Å². The average molecular weight is 732 g/mol. The van der Waals surface area contributed by atoms with E-state index >= 15 is 0 Å². The molecule has 13 heteroatoms. The molecule has 1 amide bonds. The highest BCUT2D eigenvalue weighted by molar-refractivity contribution is 5.73. The van der Waals surface area contributed by atoms with E-state index in [1.54, 1.807) is 5.57 Å². The zero-order valence-electron chi connectivity index (χ0n) is 31.8. The van der Waals surface area contributed by atoms with Crippen LogP contribution in [0, 0.1) is 11.3 Å². The van der Waals surface area contributed by atoms with Crippen LogP contribution >= 0.6 is 0 Å². The SMILES string of the molecule is C.C.CCC(CC)O[C@H]1[C@H](NC(C)=O)[C@@H](NC)CC(CC)(CC)[C@@H]1O.CCC1=C[C@@H](OC(CC)CC)[C@H](C)[C@@H](NC)C1.O=C=O.O=C=O.O=C=O. The second-order valence-electron chi connectivity index (χ2n) is 12.3. The van der Waals surface area contributed by atoms with Gasteiger partial charge in [0.05, 0.1) is 30.5 Å². The first-order valence-corrected chi connectivity index (χ1v) is 17.6. The molecule has 0 spiro atoms. The molecule has 300 valence electrons. The number of carbonyl (C=O) groups excluding carboxylic acids is 7. The van der Waals surface area contributed by atoms with Crippen molar-refractivity contribution in [2.45, 2.75) is 184 Å². The van der Waals surface area contributed by atoms with Gasteiger partial charge in [-0.1, -0.05) is 81.9 Å². The summed E-state index contributed by atoms with van der Waals surface area (Å²) in [6.07, 6.45) is 12.0. The van der Waals surface area contributed by atoms with E-state index in [1.165, 1.54) is 13.3 Å². The smallest absolute Gasteiger partial charge is 0.373 e. The van der Waals surface area contributed by atoms with E-state index in [0.29, 0.717) is 24.2 Å². The lowest BCUT2D eigenvalue weighted by Crippen LogP contribution is -2.67. The average Bonchev–Trinajstić information content (AvgIpc) is 3.09. The number of aliphatic hydroxyl groups is 1. The first-order chi connectivity index (χ1) is 23.3. The predicted octanol–water partition coefficient (Wildman–Crippen LogP) is 5.27. The highest BCUT2D eigenvalue weighted by atomic mass is 16.5. The zero-order chi connectivity index (χ0) is 38.6. The minimum Gasteiger partial charge on any atom is -0.390 e. The summed E-state index contributed by atoms with van der Waals surface area (Å²) in [7, 11) is 3.98. The van der Waals surface area contributed by atoms with Crippen LogP contribution in [0.1, 0.15) is 135 Å². The van der Waals surface area contributed by atoms with Crippen molar-refractivity contribution in [3.05, 3.63) is 11.6 Å². The molecule has 2 aliphatic carbocycles. The Labute approximate surface area is 308 Å². The van der Waals surface area contributed by atoms with Gasteiger partial charge in [0.1, 0.15) is 6.10 Å². The summed E-state index contributed by atoms with van der Waals surface area (Å²) in [4.78, 5) is 60.4. The molecule has 0 bridgehead atoms. The second kappa shape index (κ2) is 34.2. The summed E-state index contributed by atoms with van der Waals surface area (Å²) in [5.41, 5.74) is 1.37. The summed E-state index contributed by atoms with van der Waals surface area (Å²) in [6, 6.07) is 0.454. The number of ether oxygens (including phenoxy) is 2. The third kappa shape index (κ3) is 20.7. The van der Waals surface area contributed by atoms with Gasteiger partial charge >= 0.3 is 18.5 Å². The third-order valence-corrected chi connectivity index (χ3v) is 9.88. The van der Waals surface area contributed by atoms with Gasteiger partial charge in [0.2, 0.25) is 5.91 Å². The van der Waals surface area contributed by atoms with Crippen molar-refractivity contribution in [2.24, 2.45) is 11.3 Å². The second-order valence-corrected chi connectivity index (χ2v) is 12.3. The molecule has 13 nitrogen and oxygen atoms in total. The van der Waals surface area contributed by atoms with Crippen molar-refractivity contribution in [1.29, 1.82) is 0 Å². The standard InChI is InChI=1S/C18H36N2O3.C15H29NO.3CO2.2CH4/c1-7-13(8-2)23-16-15(20-12(5)21)14(19-6)11-18(9-3,10-4)17(16)22;1-6-12-9-14(16-5)11(4)15(10-12)17-13(7-2)8-3;3*2-1-3;;/h13-17,19,22H,7-11H2,1-6H3,(H,20,21);10-11,13-16H,6-9H2,1-5H3;;;;2*1H4/t14-,15+,16-,17+;11-,14+,15-;;;;;/m01...../s1. The van der Waals surface area contributed by atoms with Crippen molar-refractivity contribution < 1.29 is 48.1 Å². The van der Waals surface area contributed by atoms with Gasteiger partial charge in [-0.3, -0.25) is 4.79 Å². The highest BCUT2D eigenvalue weighted by Gasteiger charge is 2.52. The van der Waals surface area contributed by atoms with E-state index in [0.717, 1.165) is 51.4 Å². The zero-order valence-corrected chi connectivity index (χ0v) is 31.8. The molecule has 0 aromatic rings. The van der Waals surface area contributed by atoms with Gasteiger partial charge in [0.15, 0.2) is 0 Å². The van der Waals surface area contributed by atoms with Crippen LogP contribution in [0.3, 0.4) is 0 Å². The Bertz CT molecular complexity index is 965. The summed E-state index contributed by atoms with van der Waals surface area (Å²) < 4.78 is 12.6. The number of nitrogens with one attached hydrogen (secondary N) is 3. The Hall–Kier alpha value is -2.85. The molecule has 4 N–H and O–H groups in total. The lowest BCUT2D eigenvalue weighted by Gasteiger charge is -2.52. The number of rotatable bonds is 14. The van der Waals surface area contributed by atoms with Crippen LogP contribution in [0.15, 0.2) is 11.6 Å². The Morgan fingerprint density at radius 3 is 1.57 bits per heavy atom. The molecule has 0 heterocycles. The molecular formula is C38H73N3O10. The maximum absolute atomic E-state index is 11.7. The Kier molecular flexibility index (Phi) is 38.6. The lowest BCUT2D eigenvalue weighted by molar-refractivity contribution is -0.193. The molecule has 51 heavy (non-hydrogen) atoms. The minimum atomic E-state index is -0.570. The van der Waals surface area contributed by atoms with Crippen LogP contribution in [-0.2, 0) is 43.0 Å². The molecular weight excluding hydrogens is 658 g/mol. The van der Waals surface area contributed by atoms with Gasteiger partial charge in [-0.15, -0.1) is 0 Å². The number of likely N-dealkylation sites (N-methyl/N-ethyl adjacent to an activating group) is 1. The summed E-state index contributed by atoms with van der Waals surface area (Å²) in [5.74, 6) is 0.483. The van der Waals surface area contributed by atoms with Crippen LogP contribution in [-0.4, -0.2) is 92.2 Å². The molecule has 1 saturated carbocycles. The van der Waals surface area contributed by atoms with Crippen LogP contribution in [0.4, 0.5) is 0 Å². The molecule has 0 aliphatic heterocycles. The first-order valence-electron chi connectivity index (χ1n) is 17.6. The molecule has 1 fully saturated rings. The van der Waals surface area contributed by atoms with Gasteiger partial charge in [-0.25, -0.2) is 0 Å². The molecule has 2 rings (SSSR count). The van der Waals surface area contributed by atoms with Crippen molar-refractivity contribution in [3.63, 3.8) is 0 Å². The van der Waals surface area contributed by atoms with Crippen LogP contribution < -0.4 is 16.0 Å². The molecule has 7 atom stereocenters. The van der Waals surface area contributed by atoms with Crippen molar-refractivity contribution in [1.82, 2.24) is 16.0 Å². The molecule has 0 saturated heterocycles. The fourth-order valence-corrected chi connectivity index (χ4v) is 6.62. The Morgan fingerprint density at radius 1 is 0.824 bits per heavy atom. The number of carbonyl (C=O) groups is 1. The maximum atomic E-state index is 11.7. The van der Waals surface area contributed by atoms with Gasteiger partial charge in [-0.2, -0.15) is 28.8 Å². The van der Waals surface area contributed by atoms with Crippen molar-refractivity contribution in [3.8, 4) is 0 Å². The molecule has 0 aromatic carbocycles. The quantitative estimate of drug-likeness (QED) is 0.169. The normalized spacial score (nSPS) is 24.0. The van der Waals surface area contributed by atoms with Gasteiger partial charge in [0, 0.05) is 24.9 Å². The fraction of sp³-hybridized carbons (Fsp3) is 0.842. The molecule has 0 aromatic heterocycles. The van der Waals surface area contributed by atoms with E-state index in [-0.39, 0.29) is 68.9 Å². The van der Waals surface area contributed by atoms with E-state index in [4.69, 9.17) is 38.2 Å². The summed E-state index contributed by atoms with van der Waals surface area (Å²) in [6.45, 7) is 18.9. The van der Waals surface area contributed by atoms with Crippen LogP contribution in [0.2, 0.25) is 0 Å². The number of hydrogen-bond acceptors (Lipinski definition) is 12. The molecule has 2 aliphatic rings.